The third-order valence-electron chi connectivity index (χ3n) is 3.89. The molecule has 0 saturated heterocycles. The van der Waals surface area contributed by atoms with Crippen LogP contribution in [0.5, 0.6) is 0 Å². The van der Waals surface area contributed by atoms with E-state index in [1.165, 1.54) is 22.3 Å². The van der Waals surface area contributed by atoms with Crippen LogP contribution in [0.25, 0.3) is 0 Å². The van der Waals surface area contributed by atoms with Gasteiger partial charge in [0.2, 0.25) is 0 Å². The first kappa shape index (κ1) is 15.2. The van der Waals surface area contributed by atoms with Crippen LogP contribution >= 0.6 is 0 Å². The van der Waals surface area contributed by atoms with E-state index in [-0.39, 0.29) is 0 Å². The van der Waals surface area contributed by atoms with E-state index in [1.807, 2.05) is 10.9 Å². The molecule has 2 aromatic rings. The Bertz CT molecular complexity index is 626. The highest BCUT2D eigenvalue weighted by atomic mass is 15.4. The summed E-state index contributed by atoms with van der Waals surface area (Å²) in [6, 6.07) is 6.60. The van der Waals surface area contributed by atoms with E-state index in [0.29, 0.717) is 6.42 Å². The summed E-state index contributed by atoms with van der Waals surface area (Å²) in [5, 5.41) is 16.9. The zero-order valence-electron chi connectivity index (χ0n) is 13.1. The molecule has 0 unspecified atom stereocenters. The monoisotopic (exact) mass is 282 g/mol. The molecule has 0 fully saturated rings. The predicted molar refractivity (Wildman–Crippen MR) is 82.9 cm³/mol. The molecule has 0 aliphatic heterocycles. The molecule has 1 aromatic carbocycles. The van der Waals surface area contributed by atoms with Gasteiger partial charge in [0.25, 0.3) is 0 Å². The highest BCUT2D eigenvalue weighted by Gasteiger charge is 2.05. The number of hydrogen-bond acceptors (Lipinski definition) is 3. The lowest BCUT2D eigenvalue weighted by atomic mass is 10.0. The zero-order valence-corrected chi connectivity index (χ0v) is 13.1. The third kappa shape index (κ3) is 4.16. The molecular weight excluding hydrogens is 260 g/mol. The Hall–Kier alpha value is -2.15. The highest BCUT2D eigenvalue weighted by Crippen LogP contribution is 2.16. The average molecular weight is 282 g/mol. The Morgan fingerprint density at radius 2 is 1.86 bits per heavy atom. The molecule has 0 spiro atoms. The minimum atomic E-state index is 0.621. The van der Waals surface area contributed by atoms with Gasteiger partial charge in [0.1, 0.15) is 0 Å². The Kier molecular flexibility index (Phi) is 5.10. The summed E-state index contributed by atoms with van der Waals surface area (Å²) in [7, 11) is 0. The molecule has 0 N–H and O–H groups in total. The predicted octanol–water partition coefficient (Wildman–Crippen LogP) is 3.49. The van der Waals surface area contributed by atoms with Gasteiger partial charge in [0.05, 0.1) is 18.3 Å². The van der Waals surface area contributed by atoms with Gasteiger partial charge in [-0.1, -0.05) is 17.3 Å². The van der Waals surface area contributed by atoms with Gasteiger partial charge in [-0.15, -0.1) is 5.10 Å². The molecule has 0 aliphatic carbocycles. The molecule has 0 bridgehead atoms. The lowest BCUT2D eigenvalue weighted by Gasteiger charge is -2.08. The van der Waals surface area contributed by atoms with Gasteiger partial charge < -0.3 is 0 Å². The normalized spacial score (nSPS) is 10.6. The van der Waals surface area contributed by atoms with E-state index < -0.39 is 0 Å². The van der Waals surface area contributed by atoms with Crippen molar-refractivity contribution >= 4 is 0 Å². The minimum Gasteiger partial charge on any atom is -0.248 e. The molecule has 1 aromatic heterocycles. The van der Waals surface area contributed by atoms with Crippen LogP contribution < -0.4 is 0 Å². The maximum atomic E-state index is 8.51. The first-order chi connectivity index (χ1) is 10.1. The number of aryl methyl sites for hydroxylation is 3. The van der Waals surface area contributed by atoms with E-state index >= 15 is 0 Å². The number of nitriles is 1. The summed E-state index contributed by atoms with van der Waals surface area (Å²) in [6.07, 6.45) is 5.45. The van der Waals surface area contributed by atoms with E-state index in [1.54, 1.807) is 0 Å². The van der Waals surface area contributed by atoms with Crippen molar-refractivity contribution in [3.63, 3.8) is 0 Å². The third-order valence-corrected chi connectivity index (χ3v) is 3.89. The van der Waals surface area contributed by atoms with Crippen molar-refractivity contribution in [3.8, 4) is 6.07 Å². The Morgan fingerprint density at radius 1 is 1.14 bits per heavy atom. The van der Waals surface area contributed by atoms with E-state index in [4.69, 9.17) is 5.26 Å². The van der Waals surface area contributed by atoms with E-state index in [9.17, 15) is 0 Å². The van der Waals surface area contributed by atoms with Gasteiger partial charge in [-0.2, -0.15) is 5.26 Å². The zero-order chi connectivity index (χ0) is 15.2. The Balaban J connectivity index is 1.98. The number of aromatic nitrogens is 3. The van der Waals surface area contributed by atoms with Crippen LogP contribution in [0.3, 0.4) is 0 Å². The summed E-state index contributed by atoms with van der Waals surface area (Å²) in [6.45, 7) is 7.21. The fourth-order valence-electron chi connectivity index (χ4n) is 2.44. The summed E-state index contributed by atoms with van der Waals surface area (Å²) < 4.78 is 1.89. The largest absolute Gasteiger partial charge is 0.248 e. The van der Waals surface area contributed by atoms with Crippen molar-refractivity contribution in [2.24, 2.45) is 0 Å². The molecule has 4 heteroatoms. The van der Waals surface area contributed by atoms with Gasteiger partial charge in [-0.3, -0.25) is 0 Å². The first-order valence-corrected chi connectivity index (χ1v) is 7.43. The van der Waals surface area contributed by atoms with Crippen LogP contribution in [0.1, 0.15) is 47.2 Å². The van der Waals surface area contributed by atoms with Crippen molar-refractivity contribution in [2.45, 2.75) is 53.0 Å². The van der Waals surface area contributed by atoms with Gasteiger partial charge in [0, 0.05) is 12.6 Å². The van der Waals surface area contributed by atoms with Crippen LogP contribution in [0.2, 0.25) is 0 Å². The van der Waals surface area contributed by atoms with Crippen LogP contribution in [0.15, 0.2) is 18.3 Å². The fourth-order valence-corrected chi connectivity index (χ4v) is 2.44. The fraction of sp³-hybridized carbons (Fsp3) is 0.471. The van der Waals surface area contributed by atoms with Gasteiger partial charge >= 0.3 is 0 Å². The van der Waals surface area contributed by atoms with Crippen molar-refractivity contribution < 1.29 is 0 Å². The molecule has 4 nitrogen and oxygen atoms in total. The minimum absolute atomic E-state index is 0.621. The summed E-state index contributed by atoms with van der Waals surface area (Å²) in [5.74, 6) is 0. The smallest absolute Gasteiger partial charge is 0.0827 e. The molecule has 21 heavy (non-hydrogen) atoms. The Labute approximate surface area is 126 Å². The van der Waals surface area contributed by atoms with E-state index in [0.717, 1.165) is 31.5 Å². The van der Waals surface area contributed by atoms with Crippen LogP contribution in [-0.4, -0.2) is 15.0 Å². The second-order valence-electron chi connectivity index (χ2n) is 5.63. The van der Waals surface area contributed by atoms with Gasteiger partial charge in [0.15, 0.2) is 0 Å². The quantitative estimate of drug-likeness (QED) is 0.762. The summed E-state index contributed by atoms with van der Waals surface area (Å²) in [4.78, 5) is 0. The van der Waals surface area contributed by atoms with Crippen LogP contribution in [0.4, 0.5) is 0 Å². The second kappa shape index (κ2) is 7.03. The number of rotatable bonds is 6. The molecule has 1 heterocycles. The maximum Gasteiger partial charge on any atom is 0.0827 e. The average Bonchev–Trinajstić information content (AvgIpc) is 2.88. The first-order valence-electron chi connectivity index (χ1n) is 7.43. The van der Waals surface area contributed by atoms with E-state index in [2.05, 4.69) is 49.3 Å². The standard InChI is InChI=1S/C17H22N4/c1-13-9-16(10-14(2)15(13)3)11-21-12-17(19-20-21)7-5-4-6-8-18/h9-10,12H,4-7,11H2,1-3H3. The highest BCUT2D eigenvalue weighted by molar-refractivity contribution is 5.36. The van der Waals surface area contributed by atoms with Crippen molar-refractivity contribution in [2.75, 3.05) is 0 Å². The molecule has 110 valence electrons. The number of unbranched alkanes of at least 4 members (excludes halogenated alkanes) is 2. The number of hydrogen-bond donors (Lipinski definition) is 0. The molecule has 0 aliphatic rings. The SMILES string of the molecule is Cc1cc(Cn2cc(CCCCC#N)nn2)cc(C)c1C. The molecule has 0 amide bonds. The molecule has 0 radical (unpaired) electrons. The summed E-state index contributed by atoms with van der Waals surface area (Å²) in [5.41, 5.74) is 6.27. The summed E-state index contributed by atoms with van der Waals surface area (Å²) >= 11 is 0. The molecule has 0 saturated carbocycles. The lowest BCUT2D eigenvalue weighted by molar-refractivity contribution is 0.648. The molecule has 0 atom stereocenters. The van der Waals surface area contributed by atoms with Crippen molar-refractivity contribution in [3.05, 3.63) is 46.3 Å². The lowest BCUT2D eigenvalue weighted by Crippen LogP contribution is -2.02. The molecular formula is C17H22N4. The van der Waals surface area contributed by atoms with Crippen LogP contribution in [-0.2, 0) is 13.0 Å². The maximum absolute atomic E-state index is 8.51. The van der Waals surface area contributed by atoms with Gasteiger partial charge in [-0.05, 0) is 62.3 Å². The van der Waals surface area contributed by atoms with Crippen molar-refractivity contribution in [1.82, 2.24) is 15.0 Å². The Morgan fingerprint density at radius 3 is 2.52 bits per heavy atom. The molecule has 2 rings (SSSR count). The number of benzene rings is 1. The second-order valence-corrected chi connectivity index (χ2v) is 5.63. The van der Waals surface area contributed by atoms with Gasteiger partial charge in [-0.25, -0.2) is 4.68 Å². The topological polar surface area (TPSA) is 54.5 Å². The van der Waals surface area contributed by atoms with Crippen molar-refractivity contribution in [1.29, 1.82) is 5.26 Å². The van der Waals surface area contributed by atoms with Crippen LogP contribution in [0, 0.1) is 32.1 Å². The number of nitrogens with zero attached hydrogens (tertiary/aromatic N) is 4.